The molecule has 2 saturated heterocycles. The summed E-state index contributed by atoms with van der Waals surface area (Å²) < 4.78 is 16.1. The van der Waals surface area contributed by atoms with Crippen LogP contribution in [0, 0.1) is 0 Å². The van der Waals surface area contributed by atoms with Gasteiger partial charge in [0.25, 0.3) is 0 Å². The Bertz CT molecular complexity index is 511. The number of rotatable bonds is 5. The van der Waals surface area contributed by atoms with E-state index in [1.807, 2.05) is 4.90 Å². The SMILES string of the molecule is COCCc1noc(CN2CC[C@]3(CCCO3)CCC2=O)n1. The molecule has 0 radical (unpaired) electrons. The van der Waals surface area contributed by atoms with Gasteiger partial charge in [-0.1, -0.05) is 5.16 Å². The highest BCUT2D eigenvalue weighted by atomic mass is 16.5. The molecule has 1 atom stereocenters. The van der Waals surface area contributed by atoms with Crippen LogP contribution in [0.2, 0.25) is 0 Å². The van der Waals surface area contributed by atoms with E-state index in [4.69, 9.17) is 14.0 Å². The summed E-state index contributed by atoms with van der Waals surface area (Å²) in [4.78, 5) is 18.4. The Morgan fingerprint density at radius 1 is 1.36 bits per heavy atom. The minimum absolute atomic E-state index is 0.0805. The van der Waals surface area contributed by atoms with Gasteiger partial charge in [-0.3, -0.25) is 4.79 Å². The number of hydrogen-bond acceptors (Lipinski definition) is 6. The second-order valence-corrected chi connectivity index (χ2v) is 6.05. The van der Waals surface area contributed by atoms with E-state index in [2.05, 4.69) is 10.1 Å². The minimum atomic E-state index is -0.0805. The van der Waals surface area contributed by atoms with Gasteiger partial charge in [-0.25, -0.2) is 0 Å². The van der Waals surface area contributed by atoms with Crippen molar-refractivity contribution in [2.24, 2.45) is 0 Å². The fourth-order valence-corrected chi connectivity index (χ4v) is 3.21. The number of amides is 1. The largest absolute Gasteiger partial charge is 0.384 e. The van der Waals surface area contributed by atoms with Gasteiger partial charge in [0.05, 0.1) is 18.8 Å². The zero-order valence-corrected chi connectivity index (χ0v) is 13.0. The zero-order chi connectivity index (χ0) is 15.4. The third-order valence-electron chi connectivity index (χ3n) is 4.54. The van der Waals surface area contributed by atoms with Crippen LogP contribution in [-0.2, 0) is 27.2 Å². The first-order valence-electron chi connectivity index (χ1n) is 7.93. The predicted octanol–water partition coefficient (Wildman–Crippen LogP) is 1.32. The molecule has 0 saturated carbocycles. The van der Waals surface area contributed by atoms with Gasteiger partial charge in [-0.2, -0.15) is 4.98 Å². The van der Waals surface area contributed by atoms with E-state index in [0.29, 0.717) is 44.3 Å². The van der Waals surface area contributed by atoms with Crippen LogP contribution >= 0.6 is 0 Å². The highest BCUT2D eigenvalue weighted by Crippen LogP contribution is 2.36. The summed E-state index contributed by atoms with van der Waals surface area (Å²) in [6.07, 6.45) is 5.03. The van der Waals surface area contributed by atoms with Crippen molar-refractivity contribution in [1.29, 1.82) is 0 Å². The standard InChI is InChI=1S/C15H23N3O4/c1-20-10-4-12-16-13(22-17-12)11-18-8-7-15(5-2-9-21-15)6-3-14(18)19/h2-11H2,1H3/t15-/m0/s1. The lowest BCUT2D eigenvalue weighted by Crippen LogP contribution is -2.32. The van der Waals surface area contributed by atoms with E-state index >= 15 is 0 Å². The molecule has 7 nitrogen and oxygen atoms in total. The predicted molar refractivity (Wildman–Crippen MR) is 77.1 cm³/mol. The van der Waals surface area contributed by atoms with E-state index in [1.165, 1.54) is 0 Å². The summed E-state index contributed by atoms with van der Waals surface area (Å²) in [7, 11) is 1.64. The average Bonchev–Trinajstić information content (AvgIpc) is 3.13. The lowest BCUT2D eigenvalue weighted by atomic mass is 9.92. The van der Waals surface area contributed by atoms with Gasteiger partial charge in [0.1, 0.15) is 0 Å². The first-order chi connectivity index (χ1) is 10.7. The molecule has 2 fully saturated rings. The molecule has 7 heteroatoms. The van der Waals surface area contributed by atoms with Crippen molar-refractivity contribution < 1.29 is 18.8 Å². The lowest BCUT2D eigenvalue weighted by molar-refractivity contribution is -0.131. The van der Waals surface area contributed by atoms with Crippen LogP contribution in [0.5, 0.6) is 0 Å². The molecular formula is C15H23N3O4. The van der Waals surface area contributed by atoms with Gasteiger partial charge >= 0.3 is 0 Å². The molecule has 0 aromatic carbocycles. The number of carbonyl (C=O) groups excluding carboxylic acids is 1. The molecule has 0 unspecified atom stereocenters. The summed E-state index contributed by atoms with van der Waals surface area (Å²) in [6.45, 7) is 2.45. The molecule has 3 rings (SSSR count). The highest BCUT2D eigenvalue weighted by molar-refractivity contribution is 5.76. The van der Waals surface area contributed by atoms with Crippen molar-refractivity contribution in [3.8, 4) is 0 Å². The van der Waals surface area contributed by atoms with E-state index in [-0.39, 0.29) is 11.5 Å². The number of aromatic nitrogens is 2. The van der Waals surface area contributed by atoms with Crippen LogP contribution in [0.1, 0.15) is 43.8 Å². The van der Waals surface area contributed by atoms with Gasteiger partial charge in [-0.05, 0) is 25.7 Å². The van der Waals surface area contributed by atoms with Crippen LogP contribution in [0.25, 0.3) is 0 Å². The van der Waals surface area contributed by atoms with E-state index in [9.17, 15) is 4.79 Å². The summed E-state index contributed by atoms with van der Waals surface area (Å²) >= 11 is 0. The van der Waals surface area contributed by atoms with Crippen LogP contribution in [0.15, 0.2) is 4.52 Å². The van der Waals surface area contributed by atoms with Crippen molar-refractivity contribution in [1.82, 2.24) is 15.0 Å². The van der Waals surface area contributed by atoms with Gasteiger partial charge in [0.2, 0.25) is 11.8 Å². The lowest BCUT2D eigenvalue weighted by Gasteiger charge is -2.26. The molecule has 122 valence electrons. The Kier molecular flexibility index (Phi) is 4.73. The normalized spacial score (nSPS) is 25.9. The van der Waals surface area contributed by atoms with E-state index < -0.39 is 0 Å². The molecular weight excluding hydrogens is 286 g/mol. The molecule has 2 aliphatic rings. The van der Waals surface area contributed by atoms with Crippen molar-refractivity contribution >= 4 is 5.91 Å². The quantitative estimate of drug-likeness (QED) is 0.816. The topological polar surface area (TPSA) is 77.7 Å². The second-order valence-electron chi connectivity index (χ2n) is 6.05. The van der Waals surface area contributed by atoms with Crippen LogP contribution in [0.4, 0.5) is 0 Å². The maximum Gasteiger partial charge on any atom is 0.246 e. The Hall–Kier alpha value is -1.47. The van der Waals surface area contributed by atoms with Crippen molar-refractivity contribution in [2.45, 2.75) is 50.7 Å². The van der Waals surface area contributed by atoms with Gasteiger partial charge in [-0.15, -0.1) is 0 Å². The molecule has 1 aromatic heterocycles. The monoisotopic (exact) mass is 309 g/mol. The summed E-state index contributed by atoms with van der Waals surface area (Å²) in [5.41, 5.74) is -0.0805. The van der Waals surface area contributed by atoms with Crippen molar-refractivity contribution in [3.05, 3.63) is 11.7 Å². The highest BCUT2D eigenvalue weighted by Gasteiger charge is 2.38. The number of hydrogen-bond donors (Lipinski definition) is 0. The number of carbonyl (C=O) groups is 1. The van der Waals surface area contributed by atoms with Gasteiger partial charge in [0, 0.05) is 33.1 Å². The zero-order valence-electron chi connectivity index (χ0n) is 13.0. The van der Waals surface area contributed by atoms with E-state index in [1.54, 1.807) is 7.11 Å². The van der Waals surface area contributed by atoms with E-state index in [0.717, 1.165) is 32.3 Å². The second kappa shape index (κ2) is 6.75. The fraction of sp³-hybridized carbons (Fsp3) is 0.800. The number of likely N-dealkylation sites (tertiary alicyclic amines) is 1. The maximum absolute atomic E-state index is 12.3. The molecule has 1 spiro atoms. The molecule has 0 N–H and O–H groups in total. The Morgan fingerprint density at radius 3 is 3.05 bits per heavy atom. The minimum Gasteiger partial charge on any atom is -0.384 e. The molecule has 1 aromatic rings. The molecule has 3 heterocycles. The third kappa shape index (κ3) is 3.47. The summed E-state index contributed by atoms with van der Waals surface area (Å²) in [6, 6.07) is 0. The van der Waals surface area contributed by atoms with Crippen molar-refractivity contribution in [2.75, 3.05) is 26.9 Å². The van der Waals surface area contributed by atoms with Gasteiger partial charge in [0.15, 0.2) is 5.82 Å². The van der Waals surface area contributed by atoms with Crippen LogP contribution < -0.4 is 0 Å². The average molecular weight is 309 g/mol. The number of nitrogens with zero attached hydrogens (tertiary/aromatic N) is 3. The van der Waals surface area contributed by atoms with Gasteiger partial charge < -0.3 is 18.9 Å². The first kappa shape index (κ1) is 15.4. The Labute approximate surface area is 129 Å². The molecule has 1 amide bonds. The Morgan fingerprint density at radius 2 is 2.27 bits per heavy atom. The Balaban J connectivity index is 1.59. The fourth-order valence-electron chi connectivity index (χ4n) is 3.21. The number of methoxy groups -OCH3 is 1. The smallest absolute Gasteiger partial charge is 0.246 e. The summed E-state index contributed by atoms with van der Waals surface area (Å²) in [5.74, 6) is 1.25. The third-order valence-corrected chi connectivity index (χ3v) is 4.54. The molecule has 0 bridgehead atoms. The van der Waals surface area contributed by atoms with Crippen LogP contribution in [0.3, 0.4) is 0 Å². The van der Waals surface area contributed by atoms with Crippen molar-refractivity contribution in [3.63, 3.8) is 0 Å². The molecule has 0 aliphatic carbocycles. The molecule has 2 aliphatic heterocycles. The first-order valence-corrected chi connectivity index (χ1v) is 7.93. The summed E-state index contributed by atoms with van der Waals surface area (Å²) in [5, 5.41) is 3.91. The number of ether oxygens (including phenoxy) is 2. The molecule has 22 heavy (non-hydrogen) atoms. The van der Waals surface area contributed by atoms with Crippen LogP contribution in [-0.4, -0.2) is 53.4 Å². The maximum atomic E-state index is 12.3.